The fraction of sp³-hybridized carbons (Fsp3) is 0.462. The molecule has 0 aliphatic rings. The third-order valence-corrected chi connectivity index (χ3v) is 6.23. The van der Waals surface area contributed by atoms with Gasteiger partial charge in [-0.1, -0.05) is 35.7 Å². The van der Waals surface area contributed by atoms with Gasteiger partial charge in [0.2, 0.25) is 10.0 Å². The topological polar surface area (TPSA) is 83.5 Å². The fourth-order valence-corrected chi connectivity index (χ4v) is 4.63. The highest BCUT2D eigenvalue weighted by atomic mass is 79.9. The first kappa shape index (κ1) is 18.6. The number of nitrogens with one attached hydrogen (secondary N) is 1. The molecule has 0 saturated carbocycles. The summed E-state index contributed by atoms with van der Waals surface area (Å²) in [6.45, 7) is 3.75. The van der Waals surface area contributed by atoms with Crippen molar-refractivity contribution in [2.75, 3.05) is 0 Å². The third kappa shape index (κ3) is 5.05. The first-order chi connectivity index (χ1) is 9.69. The Balaban J connectivity index is 3.10. The van der Waals surface area contributed by atoms with Crippen molar-refractivity contribution >= 4 is 47.9 Å². The number of hydrogen-bond acceptors (Lipinski definition) is 3. The van der Waals surface area contributed by atoms with Crippen molar-refractivity contribution in [3.8, 4) is 0 Å². The predicted octanol–water partition coefficient (Wildman–Crippen LogP) is 3.44. The molecule has 1 unspecified atom stereocenters. The van der Waals surface area contributed by atoms with Crippen LogP contribution in [-0.4, -0.2) is 25.5 Å². The molecule has 1 aromatic carbocycles. The second kappa shape index (κ2) is 7.71. The lowest BCUT2D eigenvalue weighted by Crippen LogP contribution is -2.40. The standard InChI is InChI=1S/C13H17Br2NO4S/c1-3-4-5-11(13(17)18)16-21(19,20)12-7-9(14)8(2)6-10(12)15/h6-7,11,16H,3-5H2,1-2H3,(H,17,18). The summed E-state index contributed by atoms with van der Waals surface area (Å²) in [5, 5.41) is 9.13. The molecular formula is C13H17Br2NO4S. The Morgan fingerprint density at radius 3 is 2.48 bits per heavy atom. The van der Waals surface area contributed by atoms with Crippen molar-refractivity contribution < 1.29 is 18.3 Å². The van der Waals surface area contributed by atoms with Crippen molar-refractivity contribution in [2.45, 2.75) is 44.0 Å². The zero-order valence-electron chi connectivity index (χ0n) is 11.7. The SMILES string of the molecule is CCCCC(NS(=O)(=O)c1cc(Br)c(C)cc1Br)C(=O)O. The quantitative estimate of drug-likeness (QED) is 0.677. The molecule has 1 atom stereocenters. The van der Waals surface area contributed by atoms with E-state index in [-0.39, 0.29) is 11.3 Å². The summed E-state index contributed by atoms with van der Waals surface area (Å²) in [6.07, 6.45) is 1.69. The van der Waals surface area contributed by atoms with Crippen LogP contribution in [0.1, 0.15) is 31.7 Å². The van der Waals surface area contributed by atoms with Gasteiger partial charge >= 0.3 is 5.97 Å². The van der Waals surface area contributed by atoms with E-state index in [1.54, 1.807) is 6.07 Å². The van der Waals surface area contributed by atoms with Gasteiger partial charge in [0, 0.05) is 8.95 Å². The molecule has 0 aliphatic heterocycles. The first-order valence-electron chi connectivity index (χ1n) is 6.39. The van der Waals surface area contributed by atoms with Crippen LogP contribution < -0.4 is 4.72 Å². The third-order valence-electron chi connectivity index (χ3n) is 2.94. The minimum Gasteiger partial charge on any atom is -0.480 e. The number of sulfonamides is 1. The molecule has 0 bridgehead atoms. The van der Waals surface area contributed by atoms with Gasteiger partial charge in [-0.05, 0) is 47.0 Å². The molecule has 0 aliphatic carbocycles. The molecular weight excluding hydrogens is 426 g/mol. The molecule has 0 fully saturated rings. The Morgan fingerprint density at radius 1 is 1.33 bits per heavy atom. The Bertz CT molecular complexity index is 631. The maximum atomic E-state index is 12.4. The van der Waals surface area contributed by atoms with Crippen LogP contribution in [0.4, 0.5) is 0 Å². The summed E-state index contributed by atoms with van der Waals surface area (Å²) >= 11 is 6.49. The number of hydrogen-bond donors (Lipinski definition) is 2. The molecule has 0 amide bonds. The average Bonchev–Trinajstić information content (AvgIpc) is 2.38. The molecule has 118 valence electrons. The molecule has 0 aromatic heterocycles. The normalized spacial score (nSPS) is 13.1. The zero-order chi connectivity index (χ0) is 16.2. The molecule has 1 aromatic rings. The van der Waals surface area contributed by atoms with E-state index in [1.165, 1.54) is 6.07 Å². The van der Waals surface area contributed by atoms with E-state index >= 15 is 0 Å². The van der Waals surface area contributed by atoms with Crippen molar-refractivity contribution in [3.63, 3.8) is 0 Å². The van der Waals surface area contributed by atoms with Crippen LogP contribution in [0.25, 0.3) is 0 Å². The minimum absolute atomic E-state index is 0.0164. The van der Waals surface area contributed by atoms with Crippen LogP contribution in [0.15, 0.2) is 26.0 Å². The van der Waals surface area contributed by atoms with Crippen LogP contribution in [0, 0.1) is 6.92 Å². The summed E-state index contributed by atoms with van der Waals surface area (Å²) in [7, 11) is -3.91. The van der Waals surface area contributed by atoms with Crippen molar-refractivity contribution in [3.05, 3.63) is 26.6 Å². The number of carbonyl (C=O) groups is 1. The zero-order valence-corrected chi connectivity index (χ0v) is 15.7. The summed E-state index contributed by atoms with van der Waals surface area (Å²) in [4.78, 5) is 11.2. The van der Waals surface area contributed by atoms with E-state index in [0.717, 1.165) is 12.0 Å². The van der Waals surface area contributed by atoms with Gasteiger partial charge in [-0.15, -0.1) is 0 Å². The smallest absolute Gasteiger partial charge is 0.321 e. The van der Waals surface area contributed by atoms with Gasteiger partial charge in [0.05, 0.1) is 4.90 Å². The second-order valence-electron chi connectivity index (χ2n) is 4.69. The summed E-state index contributed by atoms with van der Waals surface area (Å²) in [5.74, 6) is -1.17. The Morgan fingerprint density at radius 2 is 1.95 bits per heavy atom. The molecule has 8 heteroatoms. The average molecular weight is 443 g/mol. The number of carboxylic acids is 1. The number of aryl methyl sites for hydroxylation is 1. The summed E-state index contributed by atoms with van der Waals surface area (Å²) in [5.41, 5.74) is 0.876. The fourth-order valence-electron chi connectivity index (χ4n) is 1.73. The second-order valence-corrected chi connectivity index (χ2v) is 8.08. The van der Waals surface area contributed by atoms with Crippen LogP contribution in [0.3, 0.4) is 0 Å². The minimum atomic E-state index is -3.91. The molecule has 0 saturated heterocycles. The van der Waals surface area contributed by atoms with Gasteiger partial charge in [0.25, 0.3) is 0 Å². The number of halogens is 2. The number of unbranched alkanes of at least 4 members (excludes halogenated alkanes) is 1. The number of aliphatic carboxylic acids is 1. The lowest BCUT2D eigenvalue weighted by molar-refractivity contribution is -0.139. The van der Waals surface area contributed by atoms with E-state index in [4.69, 9.17) is 5.11 Å². The predicted molar refractivity (Wildman–Crippen MR) is 87.8 cm³/mol. The maximum absolute atomic E-state index is 12.4. The van der Waals surface area contributed by atoms with Gasteiger partial charge in [-0.2, -0.15) is 4.72 Å². The van der Waals surface area contributed by atoms with Gasteiger partial charge in [-0.3, -0.25) is 4.79 Å². The number of rotatable bonds is 7. The van der Waals surface area contributed by atoms with E-state index in [9.17, 15) is 13.2 Å². The summed E-state index contributed by atoms with van der Waals surface area (Å²) in [6, 6.07) is 2.00. The Labute approximate surface area is 141 Å². The maximum Gasteiger partial charge on any atom is 0.321 e. The highest BCUT2D eigenvalue weighted by molar-refractivity contribution is 9.11. The van der Waals surface area contributed by atoms with Crippen LogP contribution >= 0.6 is 31.9 Å². The van der Waals surface area contributed by atoms with Crippen LogP contribution in [0.2, 0.25) is 0 Å². The Kier molecular flexibility index (Phi) is 6.83. The van der Waals surface area contributed by atoms with E-state index in [2.05, 4.69) is 36.6 Å². The van der Waals surface area contributed by atoms with Gasteiger partial charge in [-0.25, -0.2) is 8.42 Å². The molecule has 1 rings (SSSR count). The van der Waals surface area contributed by atoms with Crippen molar-refractivity contribution in [1.29, 1.82) is 0 Å². The monoisotopic (exact) mass is 441 g/mol. The lowest BCUT2D eigenvalue weighted by atomic mass is 10.1. The highest BCUT2D eigenvalue weighted by Crippen LogP contribution is 2.29. The highest BCUT2D eigenvalue weighted by Gasteiger charge is 2.26. The molecule has 0 spiro atoms. The van der Waals surface area contributed by atoms with Crippen molar-refractivity contribution in [2.24, 2.45) is 0 Å². The summed E-state index contributed by atoms with van der Waals surface area (Å²) < 4.78 is 28.0. The molecule has 5 nitrogen and oxygen atoms in total. The first-order valence-corrected chi connectivity index (χ1v) is 9.46. The largest absolute Gasteiger partial charge is 0.480 e. The van der Waals surface area contributed by atoms with Crippen LogP contribution in [0.5, 0.6) is 0 Å². The number of benzene rings is 1. The van der Waals surface area contributed by atoms with Gasteiger partial charge in [0.1, 0.15) is 6.04 Å². The van der Waals surface area contributed by atoms with E-state index < -0.39 is 22.0 Å². The van der Waals surface area contributed by atoms with E-state index in [1.807, 2.05) is 13.8 Å². The molecule has 2 N–H and O–H groups in total. The molecule has 21 heavy (non-hydrogen) atoms. The number of carboxylic acid groups (broad SMARTS) is 1. The molecule has 0 heterocycles. The van der Waals surface area contributed by atoms with Crippen LogP contribution in [-0.2, 0) is 14.8 Å². The van der Waals surface area contributed by atoms with Gasteiger partial charge in [0.15, 0.2) is 0 Å². The molecule has 0 radical (unpaired) electrons. The lowest BCUT2D eigenvalue weighted by Gasteiger charge is -2.16. The van der Waals surface area contributed by atoms with Gasteiger partial charge < -0.3 is 5.11 Å². The van der Waals surface area contributed by atoms with Crippen molar-refractivity contribution in [1.82, 2.24) is 4.72 Å². The van der Waals surface area contributed by atoms with E-state index in [0.29, 0.717) is 15.4 Å². The Hall–Kier alpha value is -0.440.